The van der Waals surface area contributed by atoms with Gasteiger partial charge < -0.3 is 5.73 Å². The van der Waals surface area contributed by atoms with Gasteiger partial charge in [-0.25, -0.2) is 4.68 Å². The van der Waals surface area contributed by atoms with Crippen molar-refractivity contribution in [2.45, 2.75) is 25.3 Å². The maximum atomic E-state index is 5.86. The molecule has 1 aliphatic rings. The summed E-state index contributed by atoms with van der Waals surface area (Å²) in [5.41, 5.74) is 8.08. The van der Waals surface area contributed by atoms with E-state index in [1.807, 2.05) is 28.9 Å². The molecule has 1 aliphatic carbocycles. The number of nitrogens with zero attached hydrogens (tertiary/aromatic N) is 3. The fraction of sp³-hybridized carbons (Fsp3) is 0.333. The molecule has 1 fully saturated rings. The molecule has 2 aromatic rings. The molecule has 0 amide bonds. The average Bonchev–Trinajstić information content (AvgIpc) is 3.08. The van der Waals surface area contributed by atoms with E-state index in [0.29, 0.717) is 18.3 Å². The van der Waals surface area contributed by atoms with Crippen molar-refractivity contribution in [1.82, 2.24) is 15.0 Å². The van der Waals surface area contributed by atoms with Crippen molar-refractivity contribution in [2.24, 2.45) is 0 Å². The van der Waals surface area contributed by atoms with E-state index in [-0.39, 0.29) is 0 Å². The summed E-state index contributed by atoms with van der Waals surface area (Å²) in [6.07, 6.45) is 2.39. The molecule has 0 unspecified atom stereocenters. The number of nitrogen functional groups attached to an aromatic ring is 1. The first-order chi connectivity index (χ1) is 8.24. The van der Waals surface area contributed by atoms with Gasteiger partial charge in [-0.2, -0.15) is 0 Å². The normalized spacial score (nSPS) is 15.1. The second-order valence-electron chi connectivity index (χ2n) is 4.42. The van der Waals surface area contributed by atoms with E-state index in [1.54, 1.807) is 0 Å². The van der Waals surface area contributed by atoms with Crippen molar-refractivity contribution in [1.29, 1.82) is 0 Å². The highest BCUT2D eigenvalue weighted by Gasteiger charge is 2.30. The smallest absolute Gasteiger partial charge is 0.169 e. The lowest BCUT2D eigenvalue weighted by Gasteiger charge is -2.05. The topological polar surface area (TPSA) is 56.7 Å². The Hall–Kier alpha value is -1.55. The molecule has 4 nitrogen and oxygen atoms in total. The Bertz CT molecular complexity index is 528. The Morgan fingerprint density at radius 1 is 1.29 bits per heavy atom. The van der Waals surface area contributed by atoms with Gasteiger partial charge in [-0.1, -0.05) is 28.9 Å². The van der Waals surface area contributed by atoms with E-state index in [2.05, 4.69) is 10.3 Å². The van der Waals surface area contributed by atoms with Crippen molar-refractivity contribution in [3.05, 3.63) is 40.5 Å². The molecule has 1 aromatic heterocycles. The number of anilines is 1. The summed E-state index contributed by atoms with van der Waals surface area (Å²) < 4.78 is 1.90. The Morgan fingerprint density at radius 2 is 2.00 bits per heavy atom. The predicted octanol–water partition coefficient (Wildman–Crippen LogP) is 2.44. The molecule has 0 bridgehead atoms. The van der Waals surface area contributed by atoms with Gasteiger partial charge in [0.2, 0.25) is 0 Å². The molecule has 1 saturated carbocycles. The number of benzene rings is 1. The number of aromatic nitrogens is 3. The van der Waals surface area contributed by atoms with Crippen molar-refractivity contribution >= 4 is 17.4 Å². The minimum absolute atomic E-state index is 0.553. The van der Waals surface area contributed by atoms with Gasteiger partial charge in [-0.05, 0) is 30.5 Å². The highest BCUT2D eigenvalue weighted by atomic mass is 35.5. The highest BCUT2D eigenvalue weighted by Crippen LogP contribution is 2.42. The average molecular weight is 249 g/mol. The molecule has 17 heavy (non-hydrogen) atoms. The van der Waals surface area contributed by atoms with Crippen molar-refractivity contribution in [3.8, 4) is 0 Å². The maximum absolute atomic E-state index is 5.86. The lowest BCUT2D eigenvalue weighted by atomic mass is 10.2. The van der Waals surface area contributed by atoms with Gasteiger partial charge in [-0.15, -0.1) is 5.10 Å². The monoisotopic (exact) mass is 248 g/mol. The molecule has 1 heterocycles. The summed E-state index contributed by atoms with van der Waals surface area (Å²) in [7, 11) is 0. The fourth-order valence-electron chi connectivity index (χ4n) is 1.99. The van der Waals surface area contributed by atoms with Crippen LogP contribution in [0.5, 0.6) is 0 Å². The van der Waals surface area contributed by atoms with Crippen LogP contribution >= 0.6 is 11.6 Å². The van der Waals surface area contributed by atoms with E-state index >= 15 is 0 Å². The number of nitrogens with two attached hydrogens (primary N) is 1. The Balaban J connectivity index is 1.87. The van der Waals surface area contributed by atoms with Gasteiger partial charge in [0.15, 0.2) is 5.82 Å². The number of hydrogen-bond donors (Lipinski definition) is 1. The van der Waals surface area contributed by atoms with Gasteiger partial charge in [0.05, 0.1) is 12.2 Å². The second kappa shape index (κ2) is 4.04. The van der Waals surface area contributed by atoms with Crippen LogP contribution in [0.2, 0.25) is 5.02 Å². The van der Waals surface area contributed by atoms with Crippen LogP contribution in [0.3, 0.4) is 0 Å². The zero-order valence-electron chi connectivity index (χ0n) is 9.31. The minimum atomic E-state index is 0.553. The van der Waals surface area contributed by atoms with Crippen LogP contribution in [-0.4, -0.2) is 15.0 Å². The highest BCUT2D eigenvalue weighted by molar-refractivity contribution is 6.30. The van der Waals surface area contributed by atoms with Gasteiger partial charge in [0.25, 0.3) is 0 Å². The summed E-state index contributed by atoms with van der Waals surface area (Å²) in [6, 6.07) is 7.76. The first-order valence-electron chi connectivity index (χ1n) is 5.67. The third kappa shape index (κ3) is 2.13. The Labute approximate surface area is 104 Å². The van der Waals surface area contributed by atoms with Crippen LogP contribution < -0.4 is 5.73 Å². The summed E-state index contributed by atoms with van der Waals surface area (Å²) in [4.78, 5) is 0. The molecule has 3 rings (SSSR count). The van der Waals surface area contributed by atoms with Gasteiger partial charge in [-0.3, -0.25) is 0 Å². The van der Waals surface area contributed by atoms with E-state index in [1.165, 1.54) is 12.8 Å². The van der Waals surface area contributed by atoms with Crippen molar-refractivity contribution in [3.63, 3.8) is 0 Å². The Kier molecular flexibility index (Phi) is 2.52. The molecule has 0 aliphatic heterocycles. The summed E-state index contributed by atoms with van der Waals surface area (Å²) >= 11 is 5.86. The standard InChI is InChI=1S/C12H13ClN4/c13-10-5-1-8(2-6-10)7-17-11(9-3-4-9)12(14)15-16-17/h1-2,5-6,9H,3-4,7,14H2. The van der Waals surface area contributed by atoms with Crippen LogP contribution in [-0.2, 0) is 6.54 Å². The zero-order chi connectivity index (χ0) is 11.8. The molecule has 5 heteroatoms. The van der Waals surface area contributed by atoms with Crippen LogP contribution in [0, 0.1) is 0 Å². The molecule has 88 valence electrons. The second-order valence-corrected chi connectivity index (χ2v) is 4.85. The minimum Gasteiger partial charge on any atom is -0.381 e. The summed E-state index contributed by atoms with van der Waals surface area (Å²) in [5, 5.41) is 8.80. The lowest BCUT2D eigenvalue weighted by molar-refractivity contribution is 0.619. The van der Waals surface area contributed by atoms with Crippen LogP contribution in [0.4, 0.5) is 5.82 Å². The molecular formula is C12H13ClN4. The maximum Gasteiger partial charge on any atom is 0.169 e. The molecule has 0 saturated heterocycles. The van der Waals surface area contributed by atoms with Gasteiger partial charge in [0, 0.05) is 10.9 Å². The first-order valence-corrected chi connectivity index (χ1v) is 6.05. The molecule has 0 spiro atoms. The number of hydrogen-bond acceptors (Lipinski definition) is 3. The van der Waals surface area contributed by atoms with Gasteiger partial charge in [0.1, 0.15) is 0 Å². The molecule has 2 N–H and O–H groups in total. The Morgan fingerprint density at radius 3 is 2.65 bits per heavy atom. The largest absolute Gasteiger partial charge is 0.381 e. The van der Waals surface area contributed by atoms with E-state index in [4.69, 9.17) is 17.3 Å². The summed E-state index contributed by atoms with van der Waals surface area (Å²) in [6.45, 7) is 0.702. The van der Waals surface area contributed by atoms with Crippen LogP contribution in [0.25, 0.3) is 0 Å². The quantitative estimate of drug-likeness (QED) is 0.908. The van der Waals surface area contributed by atoms with Gasteiger partial charge >= 0.3 is 0 Å². The zero-order valence-corrected chi connectivity index (χ0v) is 10.1. The van der Waals surface area contributed by atoms with E-state index in [0.717, 1.165) is 16.3 Å². The summed E-state index contributed by atoms with van der Waals surface area (Å²) in [5.74, 6) is 1.12. The van der Waals surface area contributed by atoms with Crippen LogP contribution in [0.15, 0.2) is 24.3 Å². The molecule has 1 aromatic carbocycles. The number of rotatable bonds is 3. The molecule has 0 atom stereocenters. The van der Waals surface area contributed by atoms with Crippen LogP contribution in [0.1, 0.15) is 30.0 Å². The SMILES string of the molecule is Nc1nnn(Cc2ccc(Cl)cc2)c1C1CC1. The number of halogens is 1. The fourth-order valence-corrected chi connectivity index (χ4v) is 2.12. The lowest BCUT2D eigenvalue weighted by Crippen LogP contribution is -2.06. The first kappa shape index (κ1) is 10.6. The van der Waals surface area contributed by atoms with Crippen molar-refractivity contribution < 1.29 is 0 Å². The molecular weight excluding hydrogens is 236 g/mol. The molecule has 0 radical (unpaired) electrons. The third-order valence-electron chi connectivity index (χ3n) is 3.01. The van der Waals surface area contributed by atoms with E-state index in [9.17, 15) is 0 Å². The van der Waals surface area contributed by atoms with Crippen molar-refractivity contribution in [2.75, 3.05) is 5.73 Å². The third-order valence-corrected chi connectivity index (χ3v) is 3.26. The predicted molar refractivity (Wildman–Crippen MR) is 67.0 cm³/mol. The van der Waals surface area contributed by atoms with E-state index < -0.39 is 0 Å².